The van der Waals surface area contributed by atoms with Crippen LogP contribution < -0.4 is 5.43 Å². The van der Waals surface area contributed by atoms with Gasteiger partial charge in [0, 0.05) is 5.92 Å². The average molecular weight is 388 g/mol. The number of esters is 2. The van der Waals surface area contributed by atoms with Crippen LogP contribution in [0.2, 0.25) is 0 Å². The summed E-state index contributed by atoms with van der Waals surface area (Å²) in [5, 5.41) is 0.718. The molecule has 1 rings (SSSR count). The fourth-order valence-corrected chi connectivity index (χ4v) is 2.84. The highest BCUT2D eigenvalue weighted by Crippen LogP contribution is 2.33. The van der Waals surface area contributed by atoms with E-state index in [-0.39, 0.29) is 26.1 Å². The van der Waals surface area contributed by atoms with Crippen molar-refractivity contribution in [2.45, 2.75) is 32.7 Å². The number of amides is 2. The molecular weight excluding hydrogens is 364 g/mol. The largest absolute Gasteiger partial charge is 0.468 e. The molecule has 152 valence electrons. The molecule has 0 spiro atoms. The molecule has 0 aliphatic heterocycles. The maximum Gasteiger partial charge on any atom is 0.429 e. The van der Waals surface area contributed by atoms with Crippen LogP contribution in [-0.4, -0.2) is 68.4 Å². The van der Waals surface area contributed by atoms with Gasteiger partial charge in [0.05, 0.1) is 27.4 Å². The van der Waals surface area contributed by atoms with Crippen molar-refractivity contribution in [1.29, 1.82) is 0 Å². The van der Waals surface area contributed by atoms with Crippen LogP contribution in [0.5, 0.6) is 0 Å². The van der Waals surface area contributed by atoms with Crippen molar-refractivity contribution >= 4 is 29.9 Å². The number of nitrogens with zero attached hydrogens (tertiary/aromatic N) is 1. The molecule has 2 atom stereocenters. The first kappa shape index (κ1) is 22.2. The standard InChI is InChI=1S/C16H24N2O9/c1-5-26-15(22)17-18(16(23)27-6-2)10-8-7-9(12(10)19)11(13(20)24-3)14(21)25-4/h9-11H,5-8H2,1-4H3,(H,17,22)/t9-,10-/m1/s1. The maximum absolute atomic E-state index is 12.8. The van der Waals surface area contributed by atoms with Gasteiger partial charge in [-0.25, -0.2) is 20.0 Å². The van der Waals surface area contributed by atoms with Crippen molar-refractivity contribution in [3.8, 4) is 0 Å². The second-order valence-corrected chi connectivity index (χ2v) is 5.53. The van der Waals surface area contributed by atoms with Gasteiger partial charge in [0.15, 0.2) is 11.7 Å². The Morgan fingerprint density at radius 1 is 1.04 bits per heavy atom. The predicted octanol–water partition coefficient (Wildman–Crippen LogP) is 0.416. The summed E-state index contributed by atoms with van der Waals surface area (Å²) in [5.41, 5.74) is 2.17. The third kappa shape index (κ3) is 5.31. The average Bonchev–Trinajstić information content (AvgIpc) is 3.01. The zero-order valence-corrected chi connectivity index (χ0v) is 15.7. The topological polar surface area (TPSA) is 138 Å². The van der Waals surface area contributed by atoms with Gasteiger partial charge < -0.3 is 18.9 Å². The Labute approximate surface area is 156 Å². The van der Waals surface area contributed by atoms with E-state index in [0.29, 0.717) is 0 Å². The lowest BCUT2D eigenvalue weighted by Gasteiger charge is -2.27. The molecule has 1 N–H and O–H groups in total. The first-order chi connectivity index (χ1) is 12.8. The van der Waals surface area contributed by atoms with Crippen LogP contribution in [0.4, 0.5) is 9.59 Å². The molecule has 0 saturated heterocycles. The van der Waals surface area contributed by atoms with Gasteiger partial charge in [-0.15, -0.1) is 0 Å². The van der Waals surface area contributed by atoms with Crippen molar-refractivity contribution in [1.82, 2.24) is 10.4 Å². The second-order valence-electron chi connectivity index (χ2n) is 5.53. The van der Waals surface area contributed by atoms with Gasteiger partial charge in [-0.1, -0.05) is 0 Å². The molecule has 1 aliphatic rings. The van der Waals surface area contributed by atoms with Crippen LogP contribution in [0, 0.1) is 11.8 Å². The van der Waals surface area contributed by atoms with Crippen LogP contribution >= 0.6 is 0 Å². The van der Waals surface area contributed by atoms with E-state index >= 15 is 0 Å². The molecule has 0 aromatic rings. The molecule has 0 unspecified atom stereocenters. The summed E-state index contributed by atoms with van der Waals surface area (Å²) < 4.78 is 18.8. The number of rotatable bonds is 6. The Kier molecular flexibility index (Phi) is 8.49. The van der Waals surface area contributed by atoms with Crippen molar-refractivity contribution in [3.05, 3.63) is 0 Å². The van der Waals surface area contributed by atoms with Crippen LogP contribution in [-0.2, 0) is 33.3 Å². The van der Waals surface area contributed by atoms with Crippen LogP contribution in [0.25, 0.3) is 0 Å². The van der Waals surface area contributed by atoms with Crippen molar-refractivity contribution in [2.75, 3.05) is 27.4 Å². The fourth-order valence-electron chi connectivity index (χ4n) is 2.84. The fraction of sp³-hybridized carbons (Fsp3) is 0.688. The first-order valence-electron chi connectivity index (χ1n) is 8.41. The van der Waals surface area contributed by atoms with E-state index in [4.69, 9.17) is 9.47 Å². The summed E-state index contributed by atoms with van der Waals surface area (Å²) in [4.78, 5) is 60.6. The Hall–Kier alpha value is -2.85. The van der Waals surface area contributed by atoms with Crippen molar-refractivity contribution < 1.29 is 42.9 Å². The lowest BCUT2D eigenvalue weighted by molar-refractivity contribution is -0.163. The maximum atomic E-state index is 12.8. The third-order valence-electron chi connectivity index (χ3n) is 4.02. The summed E-state index contributed by atoms with van der Waals surface area (Å²) in [6, 6.07) is -1.13. The number of carbonyl (C=O) groups excluding carboxylic acids is 5. The number of hydrogen-bond donors (Lipinski definition) is 1. The van der Waals surface area contributed by atoms with Crippen LogP contribution in [0.15, 0.2) is 0 Å². The van der Waals surface area contributed by atoms with Gasteiger partial charge >= 0.3 is 24.1 Å². The van der Waals surface area contributed by atoms with E-state index in [1.54, 1.807) is 13.8 Å². The lowest BCUT2D eigenvalue weighted by atomic mass is 9.89. The minimum Gasteiger partial charge on any atom is -0.468 e. The summed E-state index contributed by atoms with van der Waals surface area (Å²) in [6.45, 7) is 3.19. The van der Waals surface area contributed by atoms with E-state index in [1.807, 2.05) is 0 Å². The Bertz CT molecular complexity index is 576. The van der Waals surface area contributed by atoms with Gasteiger partial charge in [-0.3, -0.25) is 14.4 Å². The quantitative estimate of drug-likeness (QED) is 0.297. The molecule has 27 heavy (non-hydrogen) atoms. The van der Waals surface area contributed by atoms with E-state index in [9.17, 15) is 24.0 Å². The normalized spacial score (nSPS) is 18.6. The number of carbonyl (C=O) groups is 5. The molecule has 0 aromatic carbocycles. The molecule has 0 bridgehead atoms. The first-order valence-corrected chi connectivity index (χ1v) is 8.41. The number of ether oxygens (including phenoxy) is 4. The van der Waals surface area contributed by atoms with Gasteiger partial charge in [0.1, 0.15) is 6.04 Å². The van der Waals surface area contributed by atoms with E-state index in [0.717, 1.165) is 19.2 Å². The molecular formula is C16H24N2O9. The van der Waals surface area contributed by atoms with Crippen LogP contribution in [0.3, 0.4) is 0 Å². The zero-order chi connectivity index (χ0) is 20.6. The minimum atomic E-state index is -1.45. The summed E-state index contributed by atoms with van der Waals surface area (Å²) in [7, 11) is 2.17. The number of hydrazine groups is 1. The van der Waals surface area contributed by atoms with Gasteiger partial charge in [0.25, 0.3) is 0 Å². The van der Waals surface area contributed by atoms with Crippen molar-refractivity contribution in [2.24, 2.45) is 11.8 Å². The number of Topliss-reactive ketones (excluding diaryl/α,β-unsaturated/α-hetero) is 1. The summed E-state index contributed by atoms with van der Waals surface area (Å²) in [5.74, 6) is -4.94. The molecule has 11 heteroatoms. The number of ketones is 1. The van der Waals surface area contributed by atoms with Crippen LogP contribution in [0.1, 0.15) is 26.7 Å². The molecule has 11 nitrogen and oxygen atoms in total. The molecule has 0 radical (unpaired) electrons. The molecule has 0 aromatic heterocycles. The Morgan fingerprint density at radius 2 is 1.59 bits per heavy atom. The number of hydrogen-bond acceptors (Lipinski definition) is 9. The zero-order valence-electron chi connectivity index (χ0n) is 15.7. The second kappa shape index (κ2) is 10.3. The lowest BCUT2D eigenvalue weighted by Crippen LogP contribution is -2.54. The number of methoxy groups -OCH3 is 2. The highest BCUT2D eigenvalue weighted by molar-refractivity contribution is 6.03. The molecule has 1 saturated carbocycles. The highest BCUT2D eigenvalue weighted by Gasteiger charge is 2.50. The van der Waals surface area contributed by atoms with E-state index in [2.05, 4.69) is 14.9 Å². The minimum absolute atomic E-state index is 0.0110. The van der Waals surface area contributed by atoms with E-state index < -0.39 is 47.8 Å². The number of nitrogens with one attached hydrogen (secondary N) is 1. The van der Waals surface area contributed by atoms with Gasteiger partial charge in [0.2, 0.25) is 0 Å². The smallest absolute Gasteiger partial charge is 0.429 e. The van der Waals surface area contributed by atoms with Crippen molar-refractivity contribution in [3.63, 3.8) is 0 Å². The Morgan fingerprint density at radius 3 is 2.07 bits per heavy atom. The third-order valence-corrected chi connectivity index (χ3v) is 4.02. The monoisotopic (exact) mass is 388 g/mol. The highest BCUT2D eigenvalue weighted by atomic mass is 16.6. The van der Waals surface area contributed by atoms with Gasteiger partial charge in [-0.2, -0.15) is 0 Å². The summed E-state index contributed by atoms with van der Waals surface area (Å²) in [6.07, 6.45) is -1.70. The Balaban J connectivity index is 3.07. The predicted molar refractivity (Wildman–Crippen MR) is 88.1 cm³/mol. The summed E-state index contributed by atoms with van der Waals surface area (Å²) >= 11 is 0. The SMILES string of the molecule is CCOC(=O)NN(C(=O)OCC)[C@@H]1CC[C@H](C(C(=O)OC)C(=O)OC)C1=O. The molecule has 1 aliphatic carbocycles. The molecule has 2 amide bonds. The van der Waals surface area contributed by atoms with Gasteiger partial charge in [-0.05, 0) is 26.7 Å². The van der Waals surface area contributed by atoms with E-state index in [1.165, 1.54) is 0 Å². The molecule has 0 heterocycles. The molecule has 1 fully saturated rings.